The monoisotopic (exact) mass is 264 g/mol. The molecule has 0 amide bonds. The smallest absolute Gasteiger partial charge is 0.304 e. The van der Waals surface area contributed by atoms with Gasteiger partial charge < -0.3 is 5.11 Å². The number of benzene rings is 1. The molecule has 0 fully saturated rings. The summed E-state index contributed by atoms with van der Waals surface area (Å²) >= 11 is 5.56. The Morgan fingerprint density at radius 3 is 2.81 bits per heavy atom. The molecular formula is C10H10ClFO3S. The van der Waals surface area contributed by atoms with Gasteiger partial charge in [0, 0.05) is 22.1 Å². The van der Waals surface area contributed by atoms with Gasteiger partial charge in [0.25, 0.3) is 0 Å². The van der Waals surface area contributed by atoms with Crippen molar-refractivity contribution in [1.29, 1.82) is 0 Å². The minimum Gasteiger partial charge on any atom is -0.481 e. The summed E-state index contributed by atoms with van der Waals surface area (Å²) in [6.45, 7) is 0. The number of carboxylic acid groups (broad SMARTS) is 1. The maximum Gasteiger partial charge on any atom is 0.304 e. The molecule has 88 valence electrons. The van der Waals surface area contributed by atoms with Crippen LogP contribution in [0.3, 0.4) is 0 Å². The first-order valence-corrected chi connectivity index (χ1v) is 6.37. The van der Waals surface area contributed by atoms with Crippen molar-refractivity contribution in [2.45, 2.75) is 12.2 Å². The summed E-state index contributed by atoms with van der Waals surface area (Å²) in [6.07, 6.45) is -0.186. The Labute approximate surface area is 99.7 Å². The number of carbonyl (C=O) groups is 1. The second-order valence-corrected chi connectivity index (χ2v) is 5.13. The second kappa shape index (κ2) is 5.96. The van der Waals surface area contributed by atoms with Gasteiger partial charge in [-0.15, -0.1) is 0 Å². The molecule has 0 aliphatic rings. The summed E-state index contributed by atoms with van der Waals surface area (Å²) in [5, 5.41) is 8.38. The molecule has 0 spiro atoms. The van der Waals surface area contributed by atoms with Gasteiger partial charge in [-0.3, -0.25) is 9.00 Å². The maximum absolute atomic E-state index is 13.4. The lowest BCUT2D eigenvalue weighted by Gasteiger charge is -2.03. The highest BCUT2D eigenvalue weighted by atomic mass is 35.5. The average Bonchev–Trinajstić information content (AvgIpc) is 2.22. The highest BCUT2D eigenvalue weighted by molar-refractivity contribution is 7.84. The van der Waals surface area contributed by atoms with Crippen LogP contribution in [0, 0.1) is 5.82 Å². The quantitative estimate of drug-likeness (QED) is 0.887. The van der Waals surface area contributed by atoms with Crippen LogP contribution in [0.15, 0.2) is 18.2 Å². The molecule has 0 radical (unpaired) electrons. The lowest BCUT2D eigenvalue weighted by Crippen LogP contribution is -2.07. The summed E-state index contributed by atoms with van der Waals surface area (Å²) in [5.41, 5.74) is 0.247. The summed E-state index contributed by atoms with van der Waals surface area (Å²) in [6, 6.07) is 4.45. The molecule has 0 aromatic heterocycles. The number of aliphatic carboxylic acids is 1. The van der Waals surface area contributed by atoms with E-state index in [1.165, 1.54) is 12.1 Å². The summed E-state index contributed by atoms with van der Waals surface area (Å²) < 4.78 is 24.8. The van der Waals surface area contributed by atoms with Crippen LogP contribution in [-0.4, -0.2) is 21.0 Å². The third kappa shape index (κ3) is 3.90. The Kier molecular flexibility index (Phi) is 4.89. The van der Waals surface area contributed by atoms with Gasteiger partial charge in [0.2, 0.25) is 0 Å². The molecule has 0 aliphatic carbocycles. The van der Waals surface area contributed by atoms with E-state index in [-0.39, 0.29) is 28.5 Å². The average molecular weight is 265 g/mol. The van der Waals surface area contributed by atoms with Gasteiger partial charge in [-0.2, -0.15) is 0 Å². The fraction of sp³-hybridized carbons (Fsp3) is 0.300. The normalized spacial score (nSPS) is 12.4. The second-order valence-electron chi connectivity index (χ2n) is 3.14. The SMILES string of the molecule is O=C(O)CCS(=O)Cc1cccc(Cl)c1F. The van der Waals surface area contributed by atoms with Crippen LogP contribution in [0.5, 0.6) is 0 Å². The van der Waals surface area contributed by atoms with Crippen LogP contribution in [0.4, 0.5) is 4.39 Å². The molecule has 1 atom stereocenters. The van der Waals surface area contributed by atoms with Crippen molar-refractivity contribution >= 4 is 28.4 Å². The fourth-order valence-corrected chi connectivity index (χ4v) is 2.42. The maximum atomic E-state index is 13.4. The van der Waals surface area contributed by atoms with Gasteiger partial charge in [0.15, 0.2) is 0 Å². The molecule has 0 saturated heterocycles. The van der Waals surface area contributed by atoms with Crippen LogP contribution in [-0.2, 0) is 21.3 Å². The van der Waals surface area contributed by atoms with Crippen molar-refractivity contribution in [3.8, 4) is 0 Å². The molecule has 6 heteroatoms. The zero-order valence-electron chi connectivity index (χ0n) is 8.28. The molecule has 0 aliphatic heterocycles. The topological polar surface area (TPSA) is 54.4 Å². The van der Waals surface area contributed by atoms with Crippen molar-refractivity contribution < 1.29 is 18.5 Å². The zero-order chi connectivity index (χ0) is 12.1. The summed E-state index contributed by atoms with van der Waals surface area (Å²) in [7, 11) is -1.39. The van der Waals surface area contributed by atoms with E-state index < -0.39 is 22.6 Å². The Hall–Kier alpha value is -0.940. The fourth-order valence-electron chi connectivity index (χ4n) is 1.11. The van der Waals surface area contributed by atoms with Crippen LogP contribution in [0.25, 0.3) is 0 Å². The number of carboxylic acids is 1. The molecule has 1 rings (SSSR count). The Balaban J connectivity index is 2.63. The number of hydrogen-bond donors (Lipinski definition) is 1. The molecule has 3 nitrogen and oxygen atoms in total. The summed E-state index contributed by atoms with van der Waals surface area (Å²) in [5.74, 6) is -1.60. The molecule has 0 heterocycles. The highest BCUT2D eigenvalue weighted by Gasteiger charge is 2.10. The van der Waals surface area contributed by atoms with E-state index in [0.29, 0.717) is 0 Å². The van der Waals surface area contributed by atoms with Crippen molar-refractivity contribution in [2.75, 3.05) is 5.75 Å². The van der Waals surface area contributed by atoms with E-state index in [1.54, 1.807) is 6.07 Å². The van der Waals surface area contributed by atoms with Crippen LogP contribution in [0.1, 0.15) is 12.0 Å². The van der Waals surface area contributed by atoms with Gasteiger partial charge >= 0.3 is 5.97 Å². The molecule has 0 saturated carbocycles. The molecule has 1 unspecified atom stereocenters. The first-order valence-electron chi connectivity index (χ1n) is 4.50. The minimum absolute atomic E-state index is 0.0142. The molecule has 1 aromatic carbocycles. The van der Waals surface area contributed by atoms with Gasteiger partial charge in [0.1, 0.15) is 5.82 Å². The highest BCUT2D eigenvalue weighted by Crippen LogP contribution is 2.19. The van der Waals surface area contributed by atoms with Gasteiger partial charge in [0.05, 0.1) is 17.2 Å². The Morgan fingerprint density at radius 2 is 2.19 bits per heavy atom. The van der Waals surface area contributed by atoms with Gasteiger partial charge in [-0.25, -0.2) is 4.39 Å². The van der Waals surface area contributed by atoms with Gasteiger partial charge in [-0.1, -0.05) is 23.7 Å². The molecule has 16 heavy (non-hydrogen) atoms. The zero-order valence-corrected chi connectivity index (χ0v) is 9.85. The molecular weight excluding hydrogens is 255 g/mol. The Morgan fingerprint density at radius 1 is 1.50 bits per heavy atom. The van der Waals surface area contributed by atoms with Crippen LogP contribution < -0.4 is 0 Å². The van der Waals surface area contributed by atoms with E-state index in [1.807, 2.05) is 0 Å². The first-order chi connectivity index (χ1) is 7.50. The first kappa shape index (κ1) is 13.1. The van der Waals surface area contributed by atoms with E-state index in [2.05, 4.69) is 0 Å². The predicted octanol–water partition coefficient (Wildman–Crippen LogP) is 2.20. The number of rotatable bonds is 5. The molecule has 1 N–H and O–H groups in total. The van der Waals surface area contributed by atoms with Crippen LogP contribution >= 0.6 is 11.6 Å². The largest absolute Gasteiger partial charge is 0.481 e. The van der Waals surface area contributed by atoms with Crippen molar-refractivity contribution in [1.82, 2.24) is 0 Å². The Bertz CT molecular complexity index is 423. The number of halogens is 2. The third-order valence-corrected chi connectivity index (χ3v) is 3.48. The molecule has 0 bridgehead atoms. The van der Waals surface area contributed by atoms with E-state index >= 15 is 0 Å². The van der Waals surface area contributed by atoms with Crippen molar-refractivity contribution in [3.63, 3.8) is 0 Å². The third-order valence-electron chi connectivity index (χ3n) is 1.89. The van der Waals surface area contributed by atoms with Gasteiger partial charge in [-0.05, 0) is 6.07 Å². The predicted molar refractivity (Wildman–Crippen MR) is 60.4 cm³/mol. The van der Waals surface area contributed by atoms with Crippen molar-refractivity contribution in [3.05, 3.63) is 34.6 Å². The van der Waals surface area contributed by atoms with E-state index in [0.717, 1.165) is 0 Å². The summed E-state index contributed by atoms with van der Waals surface area (Å²) in [4.78, 5) is 10.2. The molecule has 1 aromatic rings. The van der Waals surface area contributed by atoms with E-state index in [4.69, 9.17) is 16.7 Å². The van der Waals surface area contributed by atoms with Crippen molar-refractivity contribution in [2.24, 2.45) is 0 Å². The standard InChI is InChI=1S/C10H10ClFO3S/c11-8-3-1-2-7(10(8)12)6-16(15)5-4-9(13)14/h1-3H,4-6H2,(H,13,14). The van der Waals surface area contributed by atoms with E-state index in [9.17, 15) is 13.4 Å². The van der Waals surface area contributed by atoms with Crippen LogP contribution in [0.2, 0.25) is 5.02 Å². The minimum atomic E-state index is -1.39. The number of hydrogen-bond acceptors (Lipinski definition) is 2. The lowest BCUT2D eigenvalue weighted by atomic mass is 10.2. The lowest BCUT2D eigenvalue weighted by molar-refractivity contribution is -0.136.